The fourth-order valence-electron chi connectivity index (χ4n) is 5.16. The molecule has 0 radical (unpaired) electrons. The minimum atomic E-state index is -0.368. The number of hydrogen-bond donors (Lipinski definition) is 2. The van der Waals surface area contributed by atoms with E-state index in [0.717, 1.165) is 5.56 Å². The summed E-state index contributed by atoms with van der Waals surface area (Å²) in [5.41, 5.74) is 2.61. The van der Waals surface area contributed by atoms with Crippen LogP contribution in [0, 0.1) is 5.41 Å². The van der Waals surface area contributed by atoms with Gasteiger partial charge in [-0.3, -0.25) is 14.6 Å². The highest BCUT2D eigenvalue weighted by Crippen LogP contribution is 2.38. The standard InChI is InChI=1S/C28H34N2O5/c1-4-19(16-31)29-20(26-23(33)14-28(2,3)15-24(26)34)10-11-21-27-22(32)12-18(13-25(27)35-30-21)17-8-6-5-7-9-17/h5-9,18-19,31,33H,4,10-16H2,1-3H3. The molecule has 2 N–H and O–H groups in total. The van der Waals surface area contributed by atoms with Crippen molar-refractivity contribution in [2.45, 2.75) is 77.7 Å². The molecule has 0 saturated heterocycles. The van der Waals surface area contributed by atoms with E-state index in [4.69, 9.17) is 4.52 Å². The van der Waals surface area contributed by atoms with Crippen LogP contribution in [0.3, 0.4) is 0 Å². The molecule has 0 spiro atoms. The number of Topliss-reactive ketones (excluding diaryl/α,β-unsaturated/α-hetero) is 2. The summed E-state index contributed by atoms with van der Waals surface area (Å²) < 4.78 is 5.60. The molecule has 1 heterocycles. The van der Waals surface area contributed by atoms with Crippen LogP contribution < -0.4 is 0 Å². The monoisotopic (exact) mass is 478 g/mol. The van der Waals surface area contributed by atoms with Gasteiger partial charge in [-0.1, -0.05) is 56.3 Å². The largest absolute Gasteiger partial charge is 0.511 e. The Morgan fingerprint density at radius 2 is 1.91 bits per heavy atom. The Morgan fingerprint density at radius 1 is 1.17 bits per heavy atom. The molecule has 1 aromatic carbocycles. The van der Waals surface area contributed by atoms with Crippen molar-refractivity contribution in [3.8, 4) is 0 Å². The summed E-state index contributed by atoms with van der Waals surface area (Å²) in [6.45, 7) is 5.67. The Kier molecular flexibility index (Phi) is 7.36. The van der Waals surface area contributed by atoms with Gasteiger partial charge in [-0.05, 0) is 36.2 Å². The second kappa shape index (κ2) is 10.3. The molecule has 0 amide bonds. The quantitative estimate of drug-likeness (QED) is 0.520. The number of ketones is 2. The normalized spacial score (nSPS) is 21.3. The van der Waals surface area contributed by atoms with Crippen molar-refractivity contribution < 1.29 is 24.3 Å². The maximum atomic E-state index is 13.1. The second-order valence-electron chi connectivity index (χ2n) is 10.4. The van der Waals surface area contributed by atoms with Crippen LogP contribution in [-0.4, -0.2) is 45.3 Å². The third kappa shape index (κ3) is 5.45. The Balaban J connectivity index is 1.59. The van der Waals surface area contributed by atoms with E-state index in [9.17, 15) is 19.8 Å². The van der Waals surface area contributed by atoms with Gasteiger partial charge in [-0.25, -0.2) is 0 Å². The van der Waals surface area contributed by atoms with Crippen molar-refractivity contribution in [3.63, 3.8) is 0 Å². The molecule has 0 fully saturated rings. The zero-order chi connectivity index (χ0) is 25.2. The Hall–Kier alpha value is -3.06. The van der Waals surface area contributed by atoms with Crippen molar-refractivity contribution in [3.05, 3.63) is 64.2 Å². The highest BCUT2D eigenvalue weighted by molar-refractivity contribution is 6.23. The van der Waals surface area contributed by atoms with E-state index in [0.29, 0.717) is 67.7 Å². The van der Waals surface area contributed by atoms with Gasteiger partial charge in [0.1, 0.15) is 11.5 Å². The first-order valence-electron chi connectivity index (χ1n) is 12.4. The van der Waals surface area contributed by atoms with Gasteiger partial charge in [-0.2, -0.15) is 0 Å². The van der Waals surface area contributed by atoms with E-state index < -0.39 is 0 Å². The third-order valence-electron chi connectivity index (χ3n) is 7.01. The molecular weight excluding hydrogens is 444 g/mol. The molecule has 2 aliphatic rings. The molecule has 186 valence electrons. The highest BCUT2D eigenvalue weighted by Gasteiger charge is 2.36. The minimum absolute atomic E-state index is 0.00851. The molecule has 2 unspecified atom stereocenters. The maximum Gasteiger partial charge on any atom is 0.168 e. The fraction of sp³-hybridized carbons (Fsp3) is 0.500. The number of carbonyl (C=O) groups is 2. The number of rotatable bonds is 8. The van der Waals surface area contributed by atoms with E-state index >= 15 is 0 Å². The Labute approximate surface area is 205 Å². The summed E-state index contributed by atoms with van der Waals surface area (Å²) in [5, 5.41) is 24.7. The van der Waals surface area contributed by atoms with Crippen LogP contribution in [-0.2, 0) is 17.6 Å². The van der Waals surface area contributed by atoms with Crippen LogP contribution in [0.15, 0.2) is 51.2 Å². The number of aliphatic hydroxyl groups excluding tert-OH is 2. The molecule has 7 heteroatoms. The van der Waals surface area contributed by atoms with Crippen LogP contribution in [0.1, 0.15) is 86.2 Å². The lowest BCUT2D eigenvalue weighted by molar-refractivity contribution is -0.118. The first kappa shape index (κ1) is 25.0. The third-order valence-corrected chi connectivity index (χ3v) is 7.01. The molecule has 0 bridgehead atoms. The van der Waals surface area contributed by atoms with Crippen molar-refractivity contribution in [1.29, 1.82) is 0 Å². The number of aliphatic imine (C=N–C) groups is 1. The Bertz CT molecular complexity index is 1160. The van der Waals surface area contributed by atoms with Crippen molar-refractivity contribution >= 4 is 17.3 Å². The van der Waals surface area contributed by atoms with E-state index in [1.54, 1.807) is 0 Å². The fourth-order valence-corrected chi connectivity index (χ4v) is 5.16. The summed E-state index contributed by atoms with van der Waals surface area (Å²) in [4.78, 5) is 30.7. The van der Waals surface area contributed by atoms with Crippen LogP contribution in [0.4, 0.5) is 0 Å². The summed E-state index contributed by atoms with van der Waals surface area (Å²) in [5.74, 6) is 0.572. The number of benzene rings is 1. The van der Waals surface area contributed by atoms with Gasteiger partial charge in [0.2, 0.25) is 0 Å². The van der Waals surface area contributed by atoms with Crippen molar-refractivity contribution in [1.82, 2.24) is 5.16 Å². The first-order chi connectivity index (χ1) is 16.7. The number of aliphatic hydroxyl groups is 2. The lowest BCUT2D eigenvalue weighted by atomic mass is 9.75. The van der Waals surface area contributed by atoms with E-state index in [1.165, 1.54) is 0 Å². The second-order valence-corrected chi connectivity index (χ2v) is 10.4. The molecule has 0 aliphatic heterocycles. The summed E-state index contributed by atoms with van der Waals surface area (Å²) >= 11 is 0. The predicted molar refractivity (Wildman–Crippen MR) is 133 cm³/mol. The van der Waals surface area contributed by atoms with Crippen LogP contribution in [0.25, 0.3) is 0 Å². The summed E-state index contributed by atoms with van der Waals surface area (Å²) in [7, 11) is 0. The number of aromatic nitrogens is 1. The van der Waals surface area contributed by atoms with Gasteiger partial charge in [0.15, 0.2) is 11.6 Å². The summed E-state index contributed by atoms with van der Waals surface area (Å²) in [6.07, 6.45) is 2.99. The molecule has 2 aliphatic carbocycles. The number of fused-ring (bicyclic) bond motifs is 1. The number of hydrogen-bond acceptors (Lipinski definition) is 7. The van der Waals surface area contributed by atoms with Gasteiger partial charge in [0.05, 0.1) is 29.5 Å². The molecule has 0 saturated carbocycles. The lowest BCUT2D eigenvalue weighted by Crippen LogP contribution is -2.30. The SMILES string of the molecule is CCC(CO)N=C(CCc1noc2c1C(=O)CC(c1ccccc1)C2)C1=C(O)CC(C)(C)CC1=O. The maximum absolute atomic E-state index is 13.1. The smallest absolute Gasteiger partial charge is 0.168 e. The molecule has 7 nitrogen and oxygen atoms in total. The molecule has 35 heavy (non-hydrogen) atoms. The van der Waals surface area contributed by atoms with Crippen molar-refractivity contribution in [2.75, 3.05) is 6.61 Å². The number of allylic oxidation sites excluding steroid dienone is 2. The molecule has 4 rings (SSSR count). The number of carbonyl (C=O) groups excluding carboxylic acids is 2. The Morgan fingerprint density at radius 3 is 2.57 bits per heavy atom. The molecule has 2 atom stereocenters. The van der Waals surface area contributed by atoms with Crippen LogP contribution in [0.5, 0.6) is 0 Å². The molecular formula is C28H34N2O5. The van der Waals surface area contributed by atoms with Gasteiger partial charge >= 0.3 is 0 Å². The topological polar surface area (TPSA) is 113 Å². The van der Waals surface area contributed by atoms with E-state index in [1.807, 2.05) is 51.1 Å². The highest BCUT2D eigenvalue weighted by atomic mass is 16.5. The van der Waals surface area contributed by atoms with Crippen LogP contribution >= 0.6 is 0 Å². The zero-order valence-electron chi connectivity index (χ0n) is 20.7. The summed E-state index contributed by atoms with van der Waals surface area (Å²) in [6, 6.07) is 9.57. The predicted octanol–water partition coefficient (Wildman–Crippen LogP) is 4.93. The molecule has 2 aromatic rings. The van der Waals surface area contributed by atoms with Gasteiger partial charge in [0, 0.05) is 31.4 Å². The van der Waals surface area contributed by atoms with E-state index in [2.05, 4.69) is 10.1 Å². The lowest BCUT2D eigenvalue weighted by Gasteiger charge is -2.30. The van der Waals surface area contributed by atoms with Crippen LogP contribution in [0.2, 0.25) is 0 Å². The van der Waals surface area contributed by atoms with Crippen molar-refractivity contribution in [2.24, 2.45) is 10.4 Å². The number of aryl methyl sites for hydroxylation is 1. The van der Waals surface area contributed by atoms with E-state index in [-0.39, 0.29) is 46.9 Å². The minimum Gasteiger partial charge on any atom is -0.511 e. The van der Waals surface area contributed by atoms with Gasteiger partial charge in [-0.15, -0.1) is 0 Å². The average Bonchev–Trinajstić information content (AvgIpc) is 3.23. The number of nitrogens with zero attached hydrogens (tertiary/aromatic N) is 2. The van der Waals surface area contributed by atoms with Gasteiger partial charge < -0.3 is 14.7 Å². The average molecular weight is 479 g/mol. The molecule has 1 aromatic heterocycles. The van der Waals surface area contributed by atoms with Gasteiger partial charge in [0.25, 0.3) is 0 Å². The zero-order valence-corrected chi connectivity index (χ0v) is 20.7. The first-order valence-corrected chi connectivity index (χ1v) is 12.4.